The minimum atomic E-state index is -1.26. The molecule has 3 aromatic carbocycles. The van der Waals surface area contributed by atoms with Crippen molar-refractivity contribution in [1.29, 1.82) is 0 Å². The Morgan fingerprint density at radius 2 is 1.54 bits per heavy atom. The van der Waals surface area contributed by atoms with Crippen molar-refractivity contribution >= 4 is 17.7 Å². The SMILES string of the molecule is CCOc1cc(C(=O)N2CCC3(CC2)CC(=O)c2cc(-c4cnn(C)c4)ccc2O3)cc(OCC)c1-c1ccc(C(=O)[O-])cc1.[Na+]. The predicted molar refractivity (Wildman–Crippen MR) is 165 cm³/mol. The van der Waals surface area contributed by atoms with E-state index in [1.165, 1.54) is 12.1 Å². The summed E-state index contributed by atoms with van der Waals surface area (Å²) in [5.74, 6) is 0.101. The van der Waals surface area contributed by atoms with Gasteiger partial charge in [-0.25, -0.2) is 0 Å². The molecule has 232 valence electrons. The van der Waals surface area contributed by atoms with Gasteiger partial charge in [-0.3, -0.25) is 14.3 Å². The molecule has 11 heteroatoms. The Bertz CT molecular complexity index is 1750. The second kappa shape index (κ2) is 13.7. The monoisotopic (exact) mass is 631 g/mol. The van der Waals surface area contributed by atoms with E-state index >= 15 is 0 Å². The summed E-state index contributed by atoms with van der Waals surface area (Å²) in [6.45, 7) is 5.27. The third kappa shape index (κ3) is 6.56. The van der Waals surface area contributed by atoms with Crippen molar-refractivity contribution in [3.8, 4) is 39.5 Å². The number of hydrogen-bond acceptors (Lipinski definition) is 8. The van der Waals surface area contributed by atoms with E-state index in [0.29, 0.717) is 78.6 Å². The number of carbonyl (C=O) groups excluding carboxylic acids is 3. The van der Waals surface area contributed by atoms with Gasteiger partial charge in [0.1, 0.15) is 22.8 Å². The van der Waals surface area contributed by atoms with Gasteiger partial charge in [-0.1, -0.05) is 30.3 Å². The molecule has 2 aliphatic rings. The van der Waals surface area contributed by atoms with Crippen LogP contribution in [0.25, 0.3) is 22.3 Å². The number of aromatic nitrogens is 2. The first kappa shape index (κ1) is 33.2. The number of benzene rings is 3. The number of nitrogens with zero attached hydrogens (tertiary/aromatic N) is 3. The average molecular weight is 632 g/mol. The number of aryl methyl sites for hydroxylation is 1. The van der Waals surface area contributed by atoms with E-state index in [2.05, 4.69) is 5.10 Å². The van der Waals surface area contributed by atoms with Crippen LogP contribution in [0, 0.1) is 0 Å². The van der Waals surface area contributed by atoms with Gasteiger partial charge < -0.3 is 29.0 Å². The summed E-state index contributed by atoms with van der Waals surface area (Å²) in [6, 6.07) is 15.3. The number of aromatic carboxylic acids is 1. The van der Waals surface area contributed by atoms with Crippen LogP contribution < -0.4 is 48.9 Å². The van der Waals surface area contributed by atoms with Crippen molar-refractivity contribution in [3.63, 3.8) is 0 Å². The second-order valence-electron chi connectivity index (χ2n) is 11.4. The van der Waals surface area contributed by atoms with Crippen LogP contribution in [0.15, 0.2) is 67.0 Å². The number of ether oxygens (including phenoxy) is 3. The first-order valence-electron chi connectivity index (χ1n) is 15.1. The number of carboxylic acid groups (broad SMARTS) is 1. The number of piperidine rings is 1. The van der Waals surface area contributed by atoms with E-state index in [1.54, 1.807) is 40.0 Å². The van der Waals surface area contributed by atoms with Gasteiger partial charge >= 0.3 is 29.6 Å². The summed E-state index contributed by atoms with van der Waals surface area (Å²) in [6.07, 6.45) is 4.97. The molecule has 0 unspecified atom stereocenters. The summed E-state index contributed by atoms with van der Waals surface area (Å²) in [4.78, 5) is 40.2. The van der Waals surface area contributed by atoms with E-state index in [9.17, 15) is 19.5 Å². The van der Waals surface area contributed by atoms with Crippen LogP contribution in [0.2, 0.25) is 0 Å². The Labute approximate surface area is 289 Å². The van der Waals surface area contributed by atoms with Gasteiger partial charge in [-0.2, -0.15) is 5.10 Å². The van der Waals surface area contributed by atoms with E-state index < -0.39 is 11.6 Å². The number of Topliss-reactive ketones (excluding diaryl/α,β-unsaturated/α-hetero) is 1. The van der Waals surface area contributed by atoms with E-state index in [1.807, 2.05) is 45.3 Å². The fourth-order valence-corrected chi connectivity index (χ4v) is 6.13. The molecule has 0 aliphatic carbocycles. The van der Waals surface area contributed by atoms with Crippen molar-refractivity contribution < 1.29 is 63.3 Å². The minimum absolute atomic E-state index is 0. The Hall–Kier alpha value is -4.12. The quantitative estimate of drug-likeness (QED) is 0.269. The van der Waals surface area contributed by atoms with Crippen LogP contribution in [-0.4, -0.2) is 64.2 Å². The van der Waals surface area contributed by atoms with Crippen LogP contribution in [0.5, 0.6) is 17.2 Å². The molecule has 6 rings (SSSR count). The summed E-state index contributed by atoms with van der Waals surface area (Å²) in [5, 5.41) is 15.5. The minimum Gasteiger partial charge on any atom is -0.545 e. The third-order valence-electron chi connectivity index (χ3n) is 8.41. The number of hydrogen-bond donors (Lipinski definition) is 0. The van der Waals surface area contributed by atoms with Crippen molar-refractivity contribution in [3.05, 3.63) is 83.7 Å². The summed E-state index contributed by atoms with van der Waals surface area (Å²) in [7, 11) is 1.85. The fraction of sp³-hybridized carbons (Fsp3) is 0.314. The molecule has 1 fully saturated rings. The van der Waals surface area contributed by atoms with Gasteiger partial charge in [-0.15, -0.1) is 0 Å². The van der Waals surface area contributed by atoms with Crippen molar-refractivity contribution in [2.24, 2.45) is 7.05 Å². The third-order valence-corrected chi connectivity index (χ3v) is 8.41. The smallest absolute Gasteiger partial charge is 0.545 e. The molecule has 1 amide bonds. The summed E-state index contributed by atoms with van der Waals surface area (Å²) >= 11 is 0. The van der Waals surface area contributed by atoms with E-state index in [-0.39, 0.29) is 53.2 Å². The Balaban J connectivity index is 0.00000417. The van der Waals surface area contributed by atoms with E-state index in [0.717, 1.165) is 11.1 Å². The zero-order valence-corrected chi connectivity index (χ0v) is 28.5. The van der Waals surface area contributed by atoms with Crippen LogP contribution in [0.3, 0.4) is 0 Å². The number of amides is 1. The molecule has 0 N–H and O–H groups in total. The van der Waals surface area contributed by atoms with Gasteiger partial charge in [0.25, 0.3) is 5.91 Å². The maximum absolute atomic E-state index is 13.8. The largest absolute Gasteiger partial charge is 1.00 e. The summed E-state index contributed by atoms with van der Waals surface area (Å²) in [5.41, 5.74) is 3.56. The van der Waals surface area contributed by atoms with Crippen LogP contribution in [-0.2, 0) is 7.05 Å². The van der Waals surface area contributed by atoms with Gasteiger partial charge in [0.05, 0.1) is 42.9 Å². The Morgan fingerprint density at radius 1 is 0.913 bits per heavy atom. The maximum Gasteiger partial charge on any atom is 1.00 e. The number of carbonyl (C=O) groups is 3. The van der Waals surface area contributed by atoms with Crippen LogP contribution in [0.4, 0.5) is 0 Å². The molecule has 10 nitrogen and oxygen atoms in total. The molecule has 2 aliphatic heterocycles. The first-order valence-corrected chi connectivity index (χ1v) is 15.1. The molecule has 1 spiro atoms. The molecule has 46 heavy (non-hydrogen) atoms. The molecular formula is C35H34N3NaO7. The normalized spacial score (nSPS) is 15.0. The number of carboxylic acids is 1. The zero-order valence-electron chi connectivity index (χ0n) is 26.5. The molecular weight excluding hydrogens is 597 g/mol. The number of ketones is 1. The number of likely N-dealkylation sites (tertiary alicyclic amines) is 1. The second-order valence-corrected chi connectivity index (χ2v) is 11.4. The van der Waals surface area contributed by atoms with Crippen LogP contribution in [0.1, 0.15) is 64.2 Å². The molecule has 0 radical (unpaired) electrons. The maximum atomic E-state index is 13.8. The van der Waals surface area contributed by atoms with Gasteiger partial charge in [0.2, 0.25) is 0 Å². The Kier molecular flexibility index (Phi) is 9.91. The summed E-state index contributed by atoms with van der Waals surface area (Å²) < 4.78 is 20.1. The van der Waals surface area contributed by atoms with Gasteiger partial charge in [-0.05, 0) is 54.8 Å². The molecule has 0 bridgehead atoms. The number of fused-ring (bicyclic) bond motifs is 1. The molecule has 4 aromatic rings. The molecule has 0 saturated carbocycles. The van der Waals surface area contributed by atoms with Crippen molar-refractivity contribution in [2.75, 3.05) is 26.3 Å². The topological polar surface area (TPSA) is 123 Å². The first-order chi connectivity index (χ1) is 21.7. The van der Waals surface area contributed by atoms with Crippen LogP contribution >= 0.6 is 0 Å². The molecule has 0 atom stereocenters. The van der Waals surface area contributed by atoms with Gasteiger partial charge in [0, 0.05) is 50.3 Å². The predicted octanol–water partition coefficient (Wildman–Crippen LogP) is 1.56. The molecule has 3 heterocycles. The Morgan fingerprint density at radius 3 is 2.11 bits per heavy atom. The van der Waals surface area contributed by atoms with Crippen molar-refractivity contribution in [1.82, 2.24) is 14.7 Å². The molecule has 1 saturated heterocycles. The van der Waals surface area contributed by atoms with Crippen molar-refractivity contribution in [2.45, 2.75) is 38.7 Å². The molecule has 1 aromatic heterocycles. The number of rotatable bonds is 8. The average Bonchev–Trinajstić information content (AvgIpc) is 3.47. The standard InChI is InChI=1S/C35H35N3O7.Na/c1-4-43-30-17-25(18-31(44-5-2)32(30)22-6-8-23(9-7-22)34(41)42)33(40)38-14-12-35(13-15-38)19-28(39)27-16-24(10-11-29(27)45-35)26-20-36-37(3)21-26;/h6-11,16-18,20-21H,4-5,12-15,19H2,1-3H3,(H,41,42);/q;+1/p-1. The van der Waals surface area contributed by atoms with Gasteiger partial charge in [0.15, 0.2) is 5.78 Å². The zero-order chi connectivity index (χ0) is 31.7. The van der Waals surface area contributed by atoms with E-state index in [4.69, 9.17) is 14.2 Å². The fourth-order valence-electron chi connectivity index (χ4n) is 6.13.